The van der Waals surface area contributed by atoms with Gasteiger partial charge in [-0.05, 0) is 37.1 Å². The van der Waals surface area contributed by atoms with Gasteiger partial charge >= 0.3 is 0 Å². The summed E-state index contributed by atoms with van der Waals surface area (Å²) < 4.78 is 5.20. The average molecular weight is 337 g/mol. The van der Waals surface area contributed by atoms with E-state index in [1.807, 2.05) is 26.0 Å². The summed E-state index contributed by atoms with van der Waals surface area (Å²) in [6.07, 6.45) is 0. The van der Waals surface area contributed by atoms with Crippen molar-refractivity contribution >= 4 is 5.82 Å². The van der Waals surface area contributed by atoms with E-state index in [0.29, 0.717) is 5.56 Å². The molecule has 3 rings (SSSR count). The fourth-order valence-electron chi connectivity index (χ4n) is 3.06. The summed E-state index contributed by atoms with van der Waals surface area (Å²) in [5, 5.41) is 18.0. The van der Waals surface area contributed by atoms with Gasteiger partial charge < -0.3 is 9.64 Å². The Morgan fingerprint density at radius 1 is 1.08 bits per heavy atom. The van der Waals surface area contributed by atoms with Crippen LogP contribution in [0.1, 0.15) is 22.4 Å². The molecular weight excluding hydrogens is 314 g/mol. The number of aromatic nitrogens is 2. The van der Waals surface area contributed by atoms with Crippen molar-refractivity contribution in [3.8, 4) is 11.8 Å². The van der Waals surface area contributed by atoms with Crippen LogP contribution < -0.4 is 9.64 Å². The van der Waals surface area contributed by atoms with E-state index in [2.05, 4.69) is 38.2 Å². The summed E-state index contributed by atoms with van der Waals surface area (Å²) in [6.45, 7) is 8.31. The highest BCUT2D eigenvalue weighted by Gasteiger charge is 2.22. The zero-order chi connectivity index (χ0) is 17.8. The molecule has 0 unspecified atom stereocenters. The van der Waals surface area contributed by atoms with Crippen LogP contribution in [0.15, 0.2) is 24.3 Å². The van der Waals surface area contributed by atoms with E-state index in [1.165, 1.54) is 5.56 Å². The molecule has 25 heavy (non-hydrogen) atoms. The highest BCUT2D eigenvalue weighted by Crippen LogP contribution is 2.23. The Labute approximate surface area is 148 Å². The molecule has 1 aromatic heterocycles. The molecule has 0 bridgehead atoms. The van der Waals surface area contributed by atoms with Gasteiger partial charge in [-0.15, -0.1) is 5.10 Å². The molecular formula is C19H23N5O. The average Bonchev–Trinajstić information content (AvgIpc) is 2.65. The van der Waals surface area contributed by atoms with Gasteiger partial charge in [0.2, 0.25) is 0 Å². The molecule has 1 aliphatic heterocycles. The number of rotatable bonds is 4. The molecule has 0 saturated carbocycles. The van der Waals surface area contributed by atoms with Crippen molar-refractivity contribution < 1.29 is 4.74 Å². The lowest BCUT2D eigenvalue weighted by atomic mass is 10.1. The van der Waals surface area contributed by atoms with Gasteiger partial charge in [-0.2, -0.15) is 10.4 Å². The first kappa shape index (κ1) is 17.2. The Kier molecular flexibility index (Phi) is 5.15. The maximum atomic E-state index is 9.48. The molecule has 1 fully saturated rings. The lowest BCUT2D eigenvalue weighted by Gasteiger charge is -2.35. The molecule has 1 aromatic carbocycles. The minimum Gasteiger partial charge on any atom is -0.497 e. The van der Waals surface area contributed by atoms with Crippen LogP contribution >= 0.6 is 0 Å². The van der Waals surface area contributed by atoms with Crippen LogP contribution in [0.2, 0.25) is 0 Å². The van der Waals surface area contributed by atoms with Crippen LogP contribution in [0.4, 0.5) is 5.82 Å². The maximum absolute atomic E-state index is 9.48. The number of ether oxygens (including phenoxy) is 1. The Bertz CT molecular complexity index is 774. The summed E-state index contributed by atoms with van der Waals surface area (Å²) in [7, 11) is 1.68. The lowest BCUT2D eigenvalue weighted by molar-refractivity contribution is 0.249. The number of hydrogen-bond donors (Lipinski definition) is 0. The normalized spacial score (nSPS) is 15.0. The van der Waals surface area contributed by atoms with Gasteiger partial charge in [-0.3, -0.25) is 4.90 Å². The zero-order valence-electron chi connectivity index (χ0n) is 15.0. The van der Waals surface area contributed by atoms with Crippen LogP contribution in [0.25, 0.3) is 0 Å². The number of hydrogen-bond acceptors (Lipinski definition) is 6. The standard InChI is InChI=1S/C19H23N5O/c1-14-15(2)21-22-19(18(14)12-20)24-10-8-23(9-11-24)13-16-4-6-17(25-3)7-5-16/h4-7H,8-11,13H2,1-3H3. The van der Waals surface area contributed by atoms with Gasteiger partial charge in [0.15, 0.2) is 5.82 Å². The van der Waals surface area contributed by atoms with Crippen molar-refractivity contribution in [1.82, 2.24) is 15.1 Å². The lowest BCUT2D eigenvalue weighted by Crippen LogP contribution is -2.46. The quantitative estimate of drug-likeness (QED) is 0.853. The van der Waals surface area contributed by atoms with Crippen molar-refractivity contribution in [2.75, 3.05) is 38.2 Å². The first-order chi connectivity index (χ1) is 12.1. The maximum Gasteiger partial charge on any atom is 0.169 e. The molecule has 1 saturated heterocycles. The highest BCUT2D eigenvalue weighted by atomic mass is 16.5. The van der Waals surface area contributed by atoms with E-state index >= 15 is 0 Å². The van der Waals surface area contributed by atoms with Crippen molar-refractivity contribution in [3.63, 3.8) is 0 Å². The third-order valence-electron chi connectivity index (χ3n) is 4.78. The first-order valence-corrected chi connectivity index (χ1v) is 8.46. The predicted molar refractivity (Wildman–Crippen MR) is 96.7 cm³/mol. The Morgan fingerprint density at radius 3 is 2.36 bits per heavy atom. The summed E-state index contributed by atoms with van der Waals surface area (Å²) >= 11 is 0. The molecule has 6 heteroatoms. The van der Waals surface area contributed by atoms with Crippen molar-refractivity contribution in [2.24, 2.45) is 0 Å². The van der Waals surface area contributed by atoms with Gasteiger partial charge in [0.25, 0.3) is 0 Å². The zero-order valence-corrected chi connectivity index (χ0v) is 15.0. The molecule has 0 atom stereocenters. The van der Waals surface area contributed by atoms with Crippen LogP contribution in [0.3, 0.4) is 0 Å². The first-order valence-electron chi connectivity index (χ1n) is 8.46. The third kappa shape index (κ3) is 3.72. The molecule has 2 heterocycles. The van der Waals surface area contributed by atoms with Crippen LogP contribution in [0.5, 0.6) is 5.75 Å². The molecule has 0 radical (unpaired) electrons. The number of methoxy groups -OCH3 is 1. The number of nitrogens with zero attached hydrogens (tertiary/aromatic N) is 5. The van der Waals surface area contributed by atoms with Crippen molar-refractivity contribution in [1.29, 1.82) is 5.26 Å². The molecule has 6 nitrogen and oxygen atoms in total. The Balaban J connectivity index is 1.64. The number of benzene rings is 1. The van der Waals surface area contributed by atoms with E-state index < -0.39 is 0 Å². The van der Waals surface area contributed by atoms with Crippen molar-refractivity contribution in [3.05, 3.63) is 46.6 Å². The summed E-state index contributed by atoms with van der Waals surface area (Å²) in [6, 6.07) is 10.5. The monoisotopic (exact) mass is 337 g/mol. The second-order valence-corrected chi connectivity index (χ2v) is 6.33. The van der Waals surface area contributed by atoms with E-state index in [1.54, 1.807) is 7.11 Å². The van der Waals surface area contributed by atoms with E-state index in [9.17, 15) is 5.26 Å². The molecule has 0 amide bonds. The minimum absolute atomic E-state index is 0.649. The SMILES string of the molecule is COc1ccc(CN2CCN(c3nnc(C)c(C)c3C#N)CC2)cc1. The Hall–Kier alpha value is -2.65. The smallest absolute Gasteiger partial charge is 0.169 e. The molecule has 130 valence electrons. The topological polar surface area (TPSA) is 65.3 Å². The largest absolute Gasteiger partial charge is 0.497 e. The number of piperazine rings is 1. The number of nitriles is 1. The molecule has 0 aliphatic carbocycles. The van der Waals surface area contributed by atoms with E-state index in [0.717, 1.165) is 55.5 Å². The molecule has 2 aromatic rings. The van der Waals surface area contributed by atoms with Crippen molar-refractivity contribution in [2.45, 2.75) is 20.4 Å². The summed E-state index contributed by atoms with van der Waals surface area (Å²) in [5.74, 6) is 1.60. The van der Waals surface area contributed by atoms with E-state index in [-0.39, 0.29) is 0 Å². The minimum atomic E-state index is 0.649. The summed E-state index contributed by atoms with van der Waals surface area (Å²) in [5.41, 5.74) is 3.67. The second kappa shape index (κ2) is 7.49. The van der Waals surface area contributed by atoms with Crippen LogP contribution in [-0.4, -0.2) is 48.4 Å². The van der Waals surface area contributed by atoms with Gasteiger partial charge in [-0.25, -0.2) is 0 Å². The summed E-state index contributed by atoms with van der Waals surface area (Å²) in [4.78, 5) is 4.58. The highest BCUT2D eigenvalue weighted by molar-refractivity contribution is 5.57. The second-order valence-electron chi connectivity index (χ2n) is 6.33. The van der Waals surface area contributed by atoms with Gasteiger partial charge in [0.05, 0.1) is 12.8 Å². The van der Waals surface area contributed by atoms with Crippen LogP contribution in [0, 0.1) is 25.2 Å². The van der Waals surface area contributed by atoms with E-state index in [4.69, 9.17) is 4.74 Å². The number of aryl methyl sites for hydroxylation is 1. The Morgan fingerprint density at radius 2 is 1.76 bits per heavy atom. The van der Waals surface area contributed by atoms with Gasteiger partial charge in [0, 0.05) is 32.7 Å². The van der Waals surface area contributed by atoms with Gasteiger partial charge in [0.1, 0.15) is 17.4 Å². The fraction of sp³-hybridized carbons (Fsp3) is 0.421. The van der Waals surface area contributed by atoms with Gasteiger partial charge in [-0.1, -0.05) is 12.1 Å². The number of anilines is 1. The molecule has 1 aliphatic rings. The third-order valence-corrected chi connectivity index (χ3v) is 4.78. The predicted octanol–water partition coefficient (Wildman–Crippen LogP) is 2.30. The molecule has 0 spiro atoms. The molecule has 0 N–H and O–H groups in total. The van der Waals surface area contributed by atoms with Crippen LogP contribution in [-0.2, 0) is 6.54 Å². The fourth-order valence-corrected chi connectivity index (χ4v) is 3.06.